The molecule has 0 aromatic heterocycles. The van der Waals surface area contributed by atoms with Gasteiger partial charge in [0, 0.05) is 13.1 Å². The van der Waals surface area contributed by atoms with Gasteiger partial charge in [-0.25, -0.2) is 8.78 Å². The van der Waals surface area contributed by atoms with Crippen LogP contribution >= 0.6 is 0 Å². The summed E-state index contributed by atoms with van der Waals surface area (Å²) in [5.41, 5.74) is 1.16. The maximum absolute atomic E-state index is 13.8. The van der Waals surface area contributed by atoms with E-state index in [2.05, 4.69) is 12.1 Å². The number of hydrogen-bond acceptors (Lipinski definition) is 1. The van der Waals surface area contributed by atoms with Gasteiger partial charge in [0.25, 0.3) is 5.91 Å². The van der Waals surface area contributed by atoms with Crippen LogP contribution < -0.4 is 0 Å². The number of benzene rings is 2. The zero-order valence-electron chi connectivity index (χ0n) is 13.6. The quantitative estimate of drug-likeness (QED) is 0.811. The zero-order chi connectivity index (χ0) is 16.9. The SMILES string of the molecule is O=C(c1cccc(F)c1F)N1CCC(CCc2ccccc2)CC1. The fourth-order valence-electron chi connectivity index (χ4n) is 3.28. The third-order valence-electron chi connectivity index (χ3n) is 4.77. The summed E-state index contributed by atoms with van der Waals surface area (Å²) in [6, 6.07) is 14.1. The summed E-state index contributed by atoms with van der Waals surface area (Å²) in [6.45, 7) is 1.21. The normalized spacial score (nSPS) is 15.5. The molecule has 1 aliphatic rings. The maximum atomic E-state index is 13.8. The van der Waals surface area contributed by atoms with E-state index >= 15 is 0 Å². The van der Waals surface area contributed by atoms with Crippen molar-refractivity contribution in [3.63, 3.8) is 0 Å². The molecule has 0 bridgehead atoms. The molecule has 0 N–H and O–H groups in total. The second-order valence-electron chi connectivity index (χ2n) is 6.36. The number of aryl methyl sites for hydroxylation is 1. The van der Waals surface area contributed by atoms with E-state index in [1.165, 1.54) is 17.7 Å². The molecular weight excluding hydrogens is 308 g/mol. The molecule has 0 atom stereocenters. The summed E-state index contributed by atoms with van der Waals surface area (Å²) in [5.74, 6) is -1.85. The van der Waals surface area contributed by atoms with Crippen molar-refractivity contribution in [3.8, 4) is 0 Å². The zero-order valence-corrected chi connectivity index (χ0v) is 13.6. The maximum Gasteiger partial charge on any atom is 0.256 e. The molecule has 1 aliphatic heterocycles. The van der Waals surface area contributed by atoms with E-state index in [-0.39, 0.29) is 5.56 Å². The van der Waals surface area contributed by atoms with E-state index in [0.717, 1.165) is 31.7 Å². The Hall–Kier alpha value is -2.23. The van der Waals surface area contributed by atoms with Crippen molar-refractivity contribution in [2.24, 2.45) is 5.92 Å². The molecule has 1 saturated heterocycles. The van der Waals surface area contributed by atoms with Crippen molar-refractivity contribution >= 4 is 5.91 Å². The van der Waals surface area contributed by atoms with Crippen LogP contribution in [0.25, 0.3) is 0 Å². The number of rotatable bonds is 4. The fraction of sp³-hybridized carbons (Fsp3) is 0.350. The van der Waals surface area contributed by atoms with Crippen LogP contribution in [-0.4, -0.2) is 23.9 Å². The number of halogens is 2. The Morgan fingerprint density at radius 2 is 1.71 bits per heavy atom. The molecule has 0 spiro atoms. The van der Waals surface area contributed by atoms with Crippen LogP contribution in [0, 0.1) is 17.6 Å². The summed E-state index contributed by atoms with van der Waals surface area (Å²) in [7, 11) is 0. The highest BCUT2D eigenvalue weighted by atomic mass is 19.2. The van der Waals surface area contributed by atoms with E-state index < -0.39 is 17.5 Å². The van der Waals surface area contributed by atoms with E-state index in [1.54, 1.807) is 4.90 Å². The molecule has 1 fully saturated rings. The lowest BCUT2D eigenvalue weighted by molar-refractivity contribution is 0.0681. The number of amides is 1. The molecule has 4 heteroatoms. The molecule has 2 aromatic carbocycles. The molecule has 0 saturated carbocycles. The topological polar surface area (TPSA) is 20.3 Å². The molecule has 1 heterocycles. The van der Waals surface area contributed by atoms with Gasteiger partial charge in [0.05, 0.1) is 5.56 Å². The van der Waals surface area contributed by atoms with Crippen LogP contribution in [0.4, 0.5) is 8.78 Å². The van der Waals surface area contributed by atoms with E-state index in [9.17, 15) is 13.6 Å². The van der Waals surface area contributed by atoms with Gasteiger partial charge in [-0.05, 0) is 49.3 Å². The molecule has 2 nitrogen and oxygen atoms in total. The molecule has 24 heavy (non-hydrogen) atoms. The highest BCUT2D eigenvalue weighted by Crippen LogP contribution is 2.24. The Kier molecular flexibility index (Phi) is 5.24. The third kappa shape index (κ3) is 3.81. The molecule has 126 valence electrons. The average molecular weight is 329 g/mol. The highest BCUT2D eigenvalue weighted by molar-refractivity contribution is 5.94. The lowest BCUT2D eigenvalue weighted by atomic mass is 9.90. The molecule has 0 unspecified atom stereocenters. The van der Waals surface area contributed by atoms with Crippen LogP contribution in [0.5, 0.6) is 0 Å². The molecule has 2 aromatic rings. The molecule has 1 amide bonds. The Balaban J connectivity index is 1.53. The minimum absolute atomic E-state index is 0.169. The van der Waals surface area contributed by atoms with Crippen LogP contribution in [0.15, 0.2) is 48.5 Å². The molecule has 3 rings (SSSR count). The number of piperidine rings is 1. The van der Waals surface area contributed by atoms with Gasteiger partial charge in [-0.1, -0.05) is 36.4 Å². The standard InChI is InChI=1S/C20H21F2NO/c21-18-8-4-7-17(19(18)22)20(24)23-13-11-16(12-14-23)10-9-15-5-2-1-3-6-15/h1-8,16H,9-14H2. The van der Waals surface area contributed by atoms with Crippen molar-refractivity contribution < 1.29 is 13.6 Å². The predicted octanol–water partition coefficient (Wildman–Crippen LogP) is 4.45. The second kappa shape index (κ2) is 7.56. The van der Waals surface area contributed by atoms with Gasteiger partial charge < -0.3 is 4.90 Å². The number of hydrogen-bond donors (Lipinski definition) is 0. The monoisotopic (exact) mass is 329 g/mol. The van der Waals surface area contributed by atoms with Crippen molar-refractivity contribution in [1.82, 2.24) is 4.90 Å². The lowest BCUT2D eigenvalue weighted by Crippen LogP contribution is -2.39. The van der Waals surface area contributed by atoms with Crippen molar-refractivity contribution in [2.75, 3.05) is 13.1 Å². The summed E-state index contributed by atoms with van der Waals surface area (Å²) in [4.78, 5) is 14.0. The van der Waals surface area contributed by atoms with Crippen LogP contribution in [-0.2, 0) is 6.42 Å². The van der Waals surface area contributed by atoms with Gasteiger partial charge in [-0.15, -0.1) is 0 Å². The van der Waals surface area contributed by atoms with E-state index in [0.29, 0.717) is 19.0 Å². The average Bonchev–Trinajstić information content (AvgIpc) is 2.63. The predicted molar refractivity (Wildman–Crippen MR) is 89.7 cm³/mol. The Morgan fingerprint density at radius 3 is 2.42 bits per heavy atom. The third-order valence-corrected chi connectivity index (χ3v) is 4.77. The lowest BCUT2D eigenvalue weighted by Gasteiger charge is -2.32. The van der Waals surface area contributed by atoms with Crippen molar-refractivity contribution in [2.45, 2.75) is 25.7 Å². The van der Waals surface area contributed by atoms with Gasteiger partial charge in [0.15, 0.2) is 11.6 Å². The van der Waals surface area contributed by atoms with Crippen molar-refractivity contribution in [3.05, 3.63) is 71.3 Å². The molecule has 0 aliphatic carbocycles. The number of nitrogens with zero attached hydrogens (tertiary/aromatic N) is 1. The molecular formula is C20H21F2NO. The summed E-state index contributed by atoms with van der Waals surface area (Å²) in [6.07, 6.45) is 3.96. The minimum Gasteiger partial charge on any atom is -0.339 e. The highest BCUT2D eigenvalue weighted by Gasteiger charge is 2.26. The van der Waals surface area contributed by atoms with Gasteiger partial charge in [-0.3, -0.25) is 4.79 Å². The first-order valence-corrected chi connectivity index (χ1v) is 8.42. The molecule has 0 radical (unpaired) electrons. The second-order valence-corrected chi connectivity index (χ2v) is 6.36. The first-order chi connectivity index (χ1) is 11.6. The first kappa shape index (κ1) is 16.6. The van der Waals surface area contributed by atoms with Crippen LogP contribution in [0.3, 0.4) is 0 Å². The van der Waals surface area contributed by atoms with Gasteiger partial charge in [-0.2, -0.15) is 0 Å². The minimum atomic E-state index is -1.05. The van der Waals surface area contributed by atoms with Gasteiger partial charge in [0.2, 0.25) is 0 Å². The van der Waals surface area contributed by atoms with Crippen LogP contribution in [0.1, 0.15) is 35.2 Å². The van der Waals surface area contributed by atoms with Crippen LogP contribution in [0.2, 0.25) is 0 Å². The number of carbonyl (C=O) groups excluding carboxylic acids is 1. The Labute approximate surface area is 141 Å². The van der Waals surface area contributed by atoms with E-state index in [4.69, 9.17) is 0 Å². The summed E-state index contributed by atoms with van der Waals surface area (Å²) in [5, 5.41) is 0. The fourth-order valence-corrected chi connectivity index (χ4v) is 3.28. The smallest absolute Gasteiger partial charge is 0.256 e. The Bertz CT molecular complexity index is 694. The first-order valence-electron chi connectivity index (χ1n) is 8.42. The number of likely N-dealkylation sites (tertiary alicyclic amines) is 1. The van der Waals surface area contributed by atoms with Gasteiger partial charge in [0.1, 0.15) is 0 Å². The largest absolute Gasteiger partial charge is 0.339 e. The van der Waals surface area contributed by atoms with Gasteiger partial charge >= 0.3 is 0 Å². The summed E-state index contributed by atoms with van der Waals surface area (Å²) >= 11 is 0. The Morgan fingerprint density at radius 1 is 1.00 bits per heavy atom. The number of carbonyl (C=O) groups is 1. The summed E-state index contributed by atoms with van der Waals surface area (Å²) < 4.78 is 27.1. The van der Waals surface area contributed by atoms with Crippen molar-refractivity contribution in [1.29, 1.82) is 0 Å². The van der Waals surface area contributed by atoms with E-state index in [1.807, 2.05) is 18.2 Å².